The molecule has 0 radical (unpaired) electrons. The average molecular weight is 321 g/mol. The summed E-state index contributed by atoms with van der Waals surface area (Å²) in [6.45, 7) is 5.65. The van der Waals surface area contributed by atoms with Gasteiger partial charge in [-0.3, -0.25) is 14.8 Å². The van der Waals surface area contributed by atoms with Crippen molar-refractivity contribution in [3.05, 3.63) is 55.2 Å². The summed E-state index contributed by atoms with van der Waals surface area (Å²) in [6, 6.07) is 7.54. The predicted octanol–water partition coefficient (Wildman–Crippen LogP) is 3.31. The number of nitrogens with one attached hydrogen (secondary N) is 1. The number of hydrogen-bond donors (Lipinski definition) is 1. The van der Waals surface area contributed by atoms with E-state index in [1.807, 2.05) is 51.2 Å². The fourth-order valence-corrected chi connectivity index (χ4v) is 2.06. The Bertz CT molecular complexity index is 832. The van der Waals surface area contributed by atoms with Gasteiger partial charge in [-0.15, -0.1) is 0 Å². The zero-order valence-corrected chi connectivity index (χ0v) is 13.9. The lowest BCUT2D eigenvalue weighted by Crippen LogP contribution is -2.27. The molecule has 0 unspecified atom stereocenters. The van der Waals surface area contributed by atoms with Crippen LogP contribution in [0, 0.1) is 5.41 Å². The third-order valence-corrected chi connectivity index (χ3v) is 3.51. The van der Waals surface area contributed by atoms with Crippen molar-refractivity contribution in [3.63, 3.8) is 0 Å². The molecule has 2 aromatic heterocycles. The van der Waals surface area contributed by atoms with Gasteiger partial charge in [-0.25, -0.2) is 4.68 Å². The van der Waals surface area contributed by atoms with Gasteiger partial charge in [0.05, 0.1) is 23.8 Å². The van der Waals surface area contributed by atoms with E-state index in [2.05, 4.69) is 20.4 Å². The first-order chi connectivity index (χ1) is 11.4. The van der Waals surface area contributed by atoms with Gasteiger partial charge in [-0.1, -0.05) is 20.8 Å². The van der Waals surface area contributed by atoms with E-state index in [1.165, 1.54) is 0 Å². The summed E-state index contributed by atoms with van der Waals surface area (Å²) in [4.78, 5) is 20.3. The maximum absolute atomic E-state index is 12.0. The van der Waals surface area contributed by atoms with Gasteiger partial charge in [0.25, 0.3) is 0 Å². The number of rotatable bonds is 3. The normalized spacial score (nSPS) is 11.3. The Kier molecular flexibility index (Phi) is 4.12. The highest BCUT2D eigenvalue weighted by atomic mass is 16.2. The number of aromatic nitrogens is 4. The van der Waals surface area contributed by atoms with Gasteiger partial charge in [0.15, 0.2) is 0 Å². The Balaban J connectivity index is 1.77. The molecule has 1 aromatic carbocycles. The minimum Gasteiger partial charge on any atom is -0.326 e. The molecule has 6 heteroatoms. The van der Waals surface area contributed by atoms with Crippen LogP contribution >= 0.6 is 0 Å². The van der Waals surface area contributed by atoms with E-state index in [0.29, 0.717) is 0 Å². The molecule has 0 saturated carbocycles. The fourth-order valence-electron chi connectivity index (χ4n) is 2.06. The van der Waals surface area contributed by atoms with Crippen LogP contribution < -0.4 is 5.32 Å². The number of anilines is 1. The van der Waals surface area contributed by atoms with E-state index >= 15 is 0 Å². The maximum Gasteiger partial charge on any atom is 0.229 e. The van der Waals surface area contributed by atoms with Crippen LogP contribution in [0.15, 0.2) is 55.2 Å². The highest BCUT2D eigenvalue weighted by molar-refractivity contribution is 5.94. The maximum atomic E-state index is 12.0. The second-order valence-electron chi connectivity index (χ2n) is 6.52. The number of hydrogen-bond acceptors (Lipinski definition) is 4. The largest absolute Gasteiger partial charge is 0.326 e. The van der Waals surface area contributed by atoms with Gasteiger partial charge in [0.2, 0.25) is 5.91 Å². The number of carbonyl (C=O) groups excluding carboxylic acids is 1. The van der Waals surface area contributed by atoms with Crippen molar-refractivity contribution in [2.75, 3.05) is 5.32 Å². The topological polar surface area (TPSA) is 72.7 Å². The monoisotopic (exact) mass is 321 g/mol. The standard InChI is InChI=1S/C18H19N5O/c1-18(2,3)17(24)22-14-4-6-15(7-5-14)23-12-13(10-21-23)16-11-19-8-9-20-16/h4-12H,1-3H3,(H,22,24). The lowest BCUT2D eigenvalue weighted by atomic mass is 9.95. The first-order valence-electron chi connectivity index (χ1n) is 7.66. The molecule has 0 aliphatic rings. The van der Waals surface area contributed by atoms with Crippen molar-refractivity contribution >= 4 is 11.6 Å². The molecule has 3 rings (SSSR count). The summed E-state index contributed by atoms with van der Waals surface area (Å²) in [7, 11) is 0. The van der Waals surface area contributed by atoms with E-state index in [4.69, 9.17) is 0 Å². The molecule has 0 fully saturated rings. The van der Waals surface area contributed by atoms with Crippen LogP contribution in [0.4, 0.5) is 5.69 Å². The Labute approximate surface area is 140 Å². The molecule has 0 aliphatic carbocycles. The van der Waals surface area contributed by atoms with Crippen molar-refractivity contribution in [1.29, 1.82) is 0 Å². The average Bonchev–Trinajstić information content (AvgIpc) is 3.05. The Morgan fingerprint density at radius 3 is 2.46 bits per heavy atom. The van der Waals surface area contributed by atoms with Crippen molar-refractivity contribution in [3.8, 4) is 16.9 Å². The molecule has 0 bridgehead atoms. The summed E-state index contributed by atoms with van der Waals surface area (Å²) < 4.78 is 1.76. The van der Waals surface area contributed by atoms with Crippen LogP contribution in [-0.4, -0.2) is 25.7 Å². The molecule has 1 N–H and O–H groups in total. The molecular weight excluding hydrogens is 302 g/mol. The van der Waals surface area contributed by atoms with E-state index in [1.54, 1.807) is 29.5 Å². The van der Waals surface area contributed by atoms with Crippen molar-refractivity contribution < 1.29 is 4.79 Å². The molecule has 3 aromatic rings. The zero-order valence-electron chi connectivity index (χ0n) is 13.9. The number of benzene rings is 1. The van der Waals surface area contributed by atoms with Crippen molar-refractivity contribution in [2.45, 2.75) is 20.8 Å². The number of amides is 1. The first kappa shape index (κ1) is 15.9. The molecule has 0 atom stereocenters. The third-order valence-electron chi connectivity index (χ3n) is 3.51. The highest BCUT2D eigenvalue weighted by Crippen LogP contribution is 2.20. The molecular formula is C18H19N5O. The second kappa shape index (κ2) is 6.23. The van der Waals surface area contributed by atoms with Crippen LogP contribution in [0.1, 0.15) is 20.8 Å². The molecule has 6 nitrogen and oxygen atoms in total. The van der Waals surface area contributed by atoms with Gasteiger partial charge >= 0.3 is 0 Å². The molecule has 24 heavy (non-hydrogen) atoms. The molecule has 0 saturated heterocycles. The molecule has 1 amide bonds. The highest BCUT2D eigenvalue weighted by Gasteiger charge is 2.21. The van der Waals surface area contributed by atoms with Crippen molar-refractivity contribution in [1.82, 2.24) is 19.7 Å². The Morgan fingerprint density at radius 2 is 1.83 bits per heavy atom. The molecule has 122 valence electrons. The number of nitrogens with zero attached hydrogens (tertiary/aromatic N) is 4. The zero-order chi connectivity index (χ0) is 17.2. The van der Waals surface area contributed by atoms with Gasteiger partial charge in [-0.05, 0) is 24.3 Å². The Hall–Kier alpha value is -3.02. The third kappa shape index (κ3) is 3.48. The van der Waals surface area contributed by atoms with E-state index in [9.17, 15) is 4.79 Å². The van der Waals surface area contributed by atoms with Crippen molar-refractivity contribution in [2.24, 2.45) is 5.41 Å². The van der Waals surface area contributed by atoms with Gasteiger partial charge in [0.1, 0.15) is 0 Å². The van der Waals surface area contributed by atoms with E-state index in [-0.39, 0.29) is 5.91 Å². The summed E-state index contributed by atoms with van der Waals surface area (Å²) in [5.74, 6) is -0.0146. The van der Waals surface area contributed by atoms with Crippen LogP contribution in [0.25, 0.3) is 16.9 Å². The van der Waals surface area contributed by atoms with E-state index < -0.39 is 5.41 Å². The summed E-state index contributed by atoms with van der Waals surface area (Å²) >= 11 is 0. The van der Waals surface area contributed by atoms with E-state index in [0.717, 1.165) is 22.6 Å². The first-order valence-corrected chi connectivity index (χ1v) is 7.66. The minimum atomic E-state index is -0.424. The van der Waals surface area contributed by atoms with Crippen LogP contribution in [0.5, 0.6) is 0 Å². The fraction of sp³-hybridized carbons (Fsp3) is 0.222. The lowest BCUT2D eigenvalue weighted by Gasteiger charge is -2.17. The van der Waals surface area contributed by atoms with Crippen LogP contribution in [0.2, 0.25) is 0 Å². The smallest absolute Gasteiger partial charge is 0.229 e. The van der Waals surface area contributed by atoms with Gasteiger partial charge in [0, 0.05) is 35.3 Å². The quantitative estimate of drug-likeness (QED) is 0.803. The summed E-state index contributed by atoms with van der Waals surface area (Å²) in [5.41, 5.74) is 2.91. The SMILES string of the molecule is CC(C)(C)C(=O)Nc1ccc(-n2cc(-c3cnccn3)cn2)cc1. The predicted molar refractivity (Wildman–Crippen MR) is 92.7 cm³/mol. The molecule has 0 spiro atoms. The van der Waals surface area contributed by atoms with Crippen LogP contribution in [-0.2, 0) is 4.79 Å². The van der Waals surface area contributed by atoms with Gasteiger partial charge < -0.3 is 5.32 Å². The molecule has 2 heterocycles. The minimum absolute atomic E-state index is 0.0146. The summed E-state index contributed by atoms with van der Waals surface area (Å²) in [5, 5.41) is 7.26. The summed E-state index contributed by atoms with van der Waals surface area (Å²) in [6.07, 6.45) is 8.64. The Morgan fingerprint density at radius 1 is 1.08 bits per heavy atom. The molecule has 0 aliphatic heterocycles. The number of carbonyl (C=O) groups is 1. The lowest BCUT2D eigenvalue weighted by molar-refractivity contribution is -0.123. The second-order valence-corrected chi connectivity index (χ2v) is 6.52. The van der Waals surface area contributed by atoms with Gasteiger partial charge in [-0.2, -0.15) is 5.10 Å². The van der Waals surface area contributed by atoms with Crippen LogP contribution in [0.3, 0.4) is 0 Å².